The summed E-state index contributed by atoms with van der Waals surface area (Å²) in [4.78, 5) is 14.0. The fraction of sp³-hybridized carbons (Fsp3) is 0.250. The number of alkyl halides is 2. The number of aliphatic carboxylic acids is 1. The average Bonchev–Trinajstić information content (AvgIpc) is 2.10. The first kappa shape index (κ1) is 12.3. The summed E-state index contributed by atoms with van der Waals surface area (Å²) in [6.45, 7) is 0. The van der Waals surface area contributed by atoms with Gasteiger partial charge in [0.1, 0.15) is 5.15 Å². The predicted molar refractivity (Wildman–Crippen MR) is 53.2 cm³/mol. The highest BCUT2D eigenvalue weighted by Crippen LogP contribution is 2.34. The van der Waals surface area contributed by atoms with Gasteiger partial charge in [0.2, 0.25) is 0 Å². The molecule has 0 aliphatic rings. The Kier molecular flexibility index (Phi) is 3.98. The van der Waals surface area contributed by atoms with Crippen LogP contribution in [0.3, 0.4) is 0 Å². The third kappa shape index (κ3) is 2.85. The van der Waals surface area contributed by atoms with Crippen molar-refractivity contribution < 1.29 is 18.7 Å². The van der Waals surface area contributed by atoms with Crippen molar-refractivity contribution in [1.82, 2.24) is 4.98 Å². The van der Waals surface area contributed by atoms with Gasteiger partial charge >= 0.3 is 5.97 Å². The first-order chi connectivity index (χ1) is 6.93. The van der Waals surface area contributed by atoms with Crippen LogP contribution < -0.4 is 0 Å². The molecule has 1 rings (SSSR count). The van der Waals surface area contributed by atoms with Crippen molar-refractivity contribution in [3.05, 3.63) is 26.9 Å². The van der Waals surface area contributed by atoms with E-state index in [2.05, 4.69) is 20.9 Å². The predicted octanol–water partition coefficient (Wildman–Crippen LogP) is 3.06. The summed E-state index contributed by atoms with van der Waals surface area (Å²) in [6, 6.07) is 0. The standard InChI is InChI=1S/C8H5BrClF2NO2/c9-6-5(8(11)12)3(1-4(14)15)2-13-7(6)10/h2,8H,1H2,(H,14,15). The monoisotopic (exact) mass is 299 g/mol. The van der Waals surface area contributed by atoms with Crippen LogP contribution in [0.2, 0.25) is 5.15 Å². The van der Waals surface area contributed by atoms with E-state index in [1.165, 1.54) is 0 Å². The van der Waals surface area contributed by atoms with Crippen LogP contribution in [0.4, 0.5) is 8.78 Å². The molecule has 0 amide bonds. The number of hydrogen-bond acceptors (Lipinski definition) is 2. The van der Waals surface area contributed by atoms with Crippen molar-refractivity contribution in [2.75, 3.05) is 0 Å². The second-order valence-electron chi connectivity index (χ2n) is 2.67. The zero-order valence-electron chi connectivity index (χ0n) is 7.18. The normalized spacial score (nSPS) is 10.7. The highest BCUT2D eigenvalue weighted by Gasteiger charge is 2.21. The number of hydrogen-bond donors (Lipinski definition) is 1. The van der Waals surface area contributed by atoms with E-state index in [4.69, 9.17) is 16.7 Å². The Morgan fingerprint density at radius 3 is 2.73 bits per heavy atom. The molecular weight excluding hydrogens is 295 g/mol. The number of halogens is 4. The highest BCUT2D eigenvalue weighted by molar-refractivity contribution is 9.10. The maximum Gasteiger partial charge on any atom is 0.307 e. The Morgan fingerprint density at radius 1 is 1.67 bits per heavy atom. The van der Waals surface area contributed by atoms with E-state index < -0.39 is 24.4 Å². The van der Waals surface area contributed by atoms with Crippen LogP contribution in [0.25, 0.3) is 0 Å². The SMILES string of the molecule is O=C(O)Cc1cnc(Cl)c(Br)c1C(F)F. The summed E-state index contributed by atoms with van der Waals surface area (Å²) >= 11 is 8.38. The van der Waals surface area contributed by atoms with Crippen LogP contribution in [0, 0.1) is 0 Å². The highest BCUT2D eigenvalue weighted by atomic mass is 79.9. The van der Waals surface area contributed by atoms with Crippen molar-refractivity contribution >= 4 is 33.5 Å². The number of pyridine rings is 1. The zero-order valence-corrected chi connectivity index (χ0v) is 9.52. The molecule has 0 spiro atoms. The van der Waals surface area contributed by atoms with Gasteiger partial charge in [-0.2, -0.15) is 0 Å². The van der Waals surface area contributed by atoms with Gasteiger partial charge < -0.3 is 5.11 Å². The third-order valence-electron chi connectivity index (χ3n) is 1.66. The molecule has 1 aromatic rings. The molecule has 1 aromatic heterocycles. The van der Waals surface area contributed by atoms with Crippen LogP contribution >= 0.6 is 27.5 Å². The number of aromatic nitrogens is 1. The quantitative estimate of drug-likeness (QED) is 0.873. The van der Waals surface area contributed by atoms with E-state index >= 15 is 0 Å². The van der Waals surface area contributed by atoms with E-state index in [0.29, 0.717) is 0 Å². The van der Waals surface area contributed by atoms with Crippen molar-refractivity contribution in [3.63, 3.8) is 0 Å². The fourth-order valence-electron chi connectivity index (χ4n) is 1.05. The fourth-order valence-corrected chi connectivity index (χ4v) is 1.73. The van der Waals surface area contributed by atoms with E-state index in [9.17, 15) is 13.6 Å². The Balaban J connectivity index is 3.26. The van der Waals surface area contributed by atoms with Crippen LogP contribution in [0.5, 0.6) is 0 Å². The van der Waals surface area contributed by atoms with Gasteiger partial charge in [0.25, 0.3) is 6.43 Å². The van der Waals surface area contributed by atoms with Gasteiger partial charge in [-0.15, -0.1) is 0 Å². The summed E-state index contributed by atoms with van der Waals surface area (Å²) in [6.07, 6.45) is -2.26. The second-order valence-corrected chi connectivity index (χ2v) is 3.82. The Hall–Kier alpha value is -0.750. The number of carboxylic acids is 1. The topological polar surface area (TPSA) is 50.2 Å². The lowest BCUT2D eigenvalue weighted by Crippen LogP contribution is -2.06. The van der Waals surface area contributed by atoms with Gasteiger partial charge in [0, 0.05) is 11.8 Å². The van der Waals surface area contributed by atoms with Gasteiger partial charge in [0.05, 0.1) is 10.9 Å². The van der Waals surface area contributed by atoms with Gasteiger partial charge in [-0.05, 0) is 21.5 Å². The Morgan fingerprint density at radius 2 is 2.27 bits per heavy atom. The first-order valence-electron chi connectivity index (χ1n) is 3.76. The van der Waals surface area contributed by atoms with Gasteiger partial charge in [-0.1, -0.05) is 11.6 Å². The minimum Gasteiger partial charge on any atom is -0.481 e. The van der Waals surface area contributed by atoms with Gasteiger partial charge in [0.15, 0.2) is 0 Å². The van der Waals surface area contributed by atoms with Crippen molar-refractivity contribution in [2.24, 2.45) is 0 Å². The van der Waals surface area contributed by atoms with E-state index in [1.807, 2.05) is 0 Å². The van der Waals surface area contributed by atoms with Crippen molar-refractivity contribution in [2.45, 2.75) is 12.8 Å². The summed E-state index contributed by atoms with van der Waals surface area (Å²) in [5.41, 5.74) is -0.467. The number of carbonyl (C=O) groups is 1. The average molecular weight is 300 g/mol. The largest absolute Gasteiger partial charge is 0.481 e. The first-order valence-corrected chi connectivity index (χ1v) is 4.93. The number of carboxylic acid groups (broad SMARTS) is 1. The molecule has 0 fully saturated rings. The maximum atomic E-state index is 12.6. The van der Waals surface area contributed by atoms with Gasteiger partial charge in [-0.3, -0.25) is 4.79 Å². The van der Waals surface area contributed by atoms with Crippen molar-refractivity contribution in [1.29, 1.82) is 0 Å². The lowest BCUT2D eigenvalue weighted by Gasteiger charge is -2.09. The molecule has 0 unspecified atom stereocenters. The molecule has 0 bridgehead atoms. The minimum absolute atomic E-state index is 0.0474. The molecule has 0 saturated carbocycles. The van der Waals surface area contributed by atoms with Crippen LogP contribution in [0.1, 0.15) is 17.6 Å². The summed E-state index contributed by atoms with van der Waals surface area (Å²) in [7, 11) is 0. The van der Waals surface area contributed by atoms with Crippen LogP contribution in [-0.4, -0.2) is 16.1 Å². The summed E-state index contributed by atoms with van der Waals surface area (Å²) < 4.78 is 25.2. The van der Waals surface area contributed by atoms with E-state index in [0.717, 1.165) is 6.20 Å². The van der Waals surface area contributed by atoms with Gasteiger partial charge in [-0.25, -0.2) is 13.8 Å². The lowest BCUT2D eigenvalue weighted by atomic mass is 10.1. The smallest absolute Gasteiger partial charge is 0.307 e. The maximum absolute atomic E-state index is 12.6. The molecule has 0 saturated heterocycles. The molecule has 0 aromatic carbocycles. The molecule has 1 N–H and O–H groups in total. The van der Waals surface area contributed by atoms with E-state index in [1.54, 1.807) is 0 Å². The molecule has 3 nitrogen and oxygen atoms in total. The molecule has 0 aliphatic carbocycles. The lowest BCUT2D eigenvalue weighted by molar-refractivity contribution is -0.136. The number of nitrogens with zero attached hydrogens (tertiary/aromatic N) is 1. The summed E-state index contributed by atoms with van der Waals surface area (Å²) in [5.74, 6) is -1.20. The molecule has 15 heavy (non-hydrogen) atoms. The second kappa shape index (κ2) is 4.85. The molecular formula is C8H5BrClF2NO2. The molecule has 0 atom stereocenters. The molecule has 1 heterocycles. The van der Waals surface area contributed by atoms with Crippen LogP contribution in [0.15, 0.2) is 10.7 Å². The number of rotatable bonds is 3. The van der Waals surface area contributed by atoms with E-state index in [-0.39, 0.29) is 15.2 Å². The van der Waals surface area contributed by atoms with Crippen molar-refractivity contribution in [3.8, 4) is 0 Å². The minimum atomic E-state index is -2.80. The Bertz CT molecular complexity index is 400. The molecule has 0 radical (unpaired) electrons. The van der Waals surface area contributed by atoms with Crippen LogP contribution in [-0.2, 0) is 11.2 Å². The molecule has 0 aliphatic heterocycles. The Labute approximate surface area is 97.2 Å². The molecule has 7 heteroatoms. The zero-order chi connectivity index (χ0) is 11.6. The third-order valence-corrected chi connectivity index (χ3v) is 2.97. The molecule has 82 valence electrons. The summed E-state index contributed by atoms with van der Waals surface area (Å²) in [5, 5.41) is 8.40.